The molecule has 98 valence electrons. The minimum atomic E-state index is -1.36. The van der Waals surface area contributed by atoms with Gasteiger partial charge < -0.3 is 10.3 Å². The second-order valence-electron chi connectivity index (χ2n) is 4.43. The molecule has 1 atom stereocenters. The van der Waals surface area contributed by atoms with Crippen LogP contribution < -0.4 is 5.73 Å². The van der Waals surface area contributed by atoms with Crippen LogP contribution in [-0.2, 0) is 21.5 Å². The third-order valence-electron chi connectivity index (χ3n) is 3.27. The molecule has 19 heavy (non-hydrogen) atoms. The third kappa shape index (κ3) is 2.27. The molecule has 0 fully saturated rings. The van der Waals surface area contributed by atoms with E-state index < -0.39 is 11.3 Å². The smallest absolute Gasteiger partial charge is 0.237 e. The van der Waals surface area contributed by atoms with Crippen molar-refractivity contribution in [1.82, 2.24) is 9.55 Å². The zero-order valence-electron chi connectivity index (χ0n) is 10.6. The molecule has 1 aromatic carbocycles. The minimum Gasteiger partial charge on any atom is -0.368 e. The summed E-state index contributed by atoms with van der Waals surface area (Å²) in [7, 11) is 0. The van der Waals surface area contributed by atoms with Crippen LogP contribution in [0.4, 0.5) is 0 Å². The Hall–Kier alpha value is -2.43. The summed E-state index contributed by atoms with van der Waals surface area (Å²) < 4.78 is 1.68. The van der Waals surface area contributed by atoms with Crippen molar-refractivity contribution < 1.29 is 9.59 Å². The lowest BCUT2D eigenvalue weighted by molar-refractivity contribution is -0.134. The number of carbonyl (C=O) groups is 2. The zero-order chi connectivity index (χ0) is 13.9. The number of rotatable bonds is 5. The van der Waals surface area contributed by atoms with Crippen molar-refractivity contribution in [1.29, 1.82) is 0 Å². The molecule has 0 aliphatic carbocycles. The van der Waals surface area contributed by atoms with Gasteiger partial charge in [0.1, 0.15) is 5.41 Å². The molecule has 1 heterocycles. The Morgan fingerprint density at radius 2 is 2.00 bits per heavy atom. The molecule has 1 aromatic heterocycles. The fourth-order valence-corrected chi connectivity index (χ4v) is 2.18. The highest BCUT2D eigenvalue weighted by Gasteiger charge is 2.43. The number of amides is 1. The molecule has 1 amide bonds. The van der Waals surface area contributed by atoms with E-state index in [0.717, 1.165) is 0 Å². The lowest BCUT2D eigenvalue weighted by atomic mass is 9.76. The lowest BCUT2D eigenvalue weighted by Gasteiger charge is -2.28. The molecule has 0 aliphatic heterocycles. The van der Waals surface area contributed by atoms with Gasteiger partial charge in [0.15, 0.2) is 5.78 Å². The Kier molecular flexibility index (Phi) is 3.46. The molecule has 5 heteroatoms. The molecule has 1 unspecified atom stereocenters. The first-order chi connectivity index (χ1) is 9.07. The number of nitrogens with zero attached hydrogens (tertiary/aromatic N) is 2. The van der Waals surface area contributed by atoms with Crippen LogP contribution in [0.15, 0.2) is 49.1 Å². The molecule has 0 aliphatic rings. The third-order valence-corrected chi connectivity index (χ3v) is 3.27. The van der Waals surface area contributed by atoms with Gasteiger partial charge in [-0.25, -0.2) is 4.98 Å². The molecular formula is C14H15N3O2. The number of benzene rings is 1. The number of ketones is 1. The molecule has 0 saturated carbocycles. The first-order valence-electron chi connectivity index (χ1n) is 5.89. The normalized spacial score (nSPS) is 13.7. The fourth-order valence-electron chi connectivity index (χ4n) is 2.18. The van der Waals surface area contributed by atoms with E-state index in [4.69, 9.17) is 5.73 Å². The Bertz CT molecular complexity index is 562. The number of hydrogen-bond acceptors (Lipinski definition) is 3. The molecule has 2 N–H and O–H groups in total. The van der Waals surface area contributed by atoms with Crippen LogP contribution in [0, 0.1) is 0 Å². The first-order valence-corrected chi connectivity index (χ1v) is 5.89. The number of carbonyl (C=O) groups excluding carboxylic acids is 2. The topological polar surface area (TPSA) is 78.0 Å². The maximum atomic E-state index is 12.1. The van der Waals surface area contributed by atoms with E-state index in [1.54, 1.807) is 47.6 Å². The Morgan fingerprint density at radius 1 is 1.32 bits per heavy atom. The van der Waals surface area contributed by atoms with Gasteiger partial charge >= 0.3 is 0 Å². The van der Waals surface area contributed by atoms with Crippen LogP contribution in [0.1, 0.15) is 12.5 Å². The molecule has 2 rings (SSSR count). The van der Waals surface area contributed by atoms with Gasteiger partial charge in [-0.1, -0.05) is 30.3 Å². The summed E-state index contributed by atoms with van der Waals surface area (Å²) in [4.78, 5) is 28.0. The molecule has 0 saturated heterocycles. The number of Topliss-reactive ketones (excluding diaryl/α,β-unsaturated/α-hetero) is 1. The number of aromatic nitrogens is 2. The Labute approximate surface area is 111 Å². The van der Waals surface area contributed by atoms with Crippen LogP contribution in [0.5, 0.6) is 0 Å². The summed E-state index contributed by atoms with van der Waals surface area (Å²) in [6.07, 6.45) is 4.85. The fraction of sp³-hybridized carbons (Fsp3) is 0.214. The standard InChI is InChI=1S/C14H15N3O2/c1-11(18)14(13(15)19,9-17-8-7-16-10-17)12-5-3-2-4-6-12/h2-8,10H,9H2,1H3,(H2,15,19). The van der Waals surface area contributed by atoms with E-state index in [1.807, 2.05) is 6.07 Å². The molecule has 0 radical (unpaired) electrons. The highest BCUT2D eigenvalue weighted by atomic mass is 16.2. The quantitative estimate of drug-likeness (QED) is 0.808. The van der Waals surface area contributed by atoms with Crippen molar-refractivity contribution in [2.24, 2.45) is 5.73 Å². The SMILES string of the molecule is CC(=O)C(Cn1ccnc1)(C(N)=O)c1ccccc1. The van der Waals surface area contributed by atoms with Gasteiger partial charge in [-0.2, -0.15) is 0 Å². The second kappa shape index (κ2) is 5.06. The van der Waals surface area contributed by atoms with Crippen LogP contribution in [0.3, 0.4) is 0 Å². The molecule has 0 bridgehead atoms. The summed E-state index contributed by atoms with van der Waals surface area (Å²) in [5, 5.41) is 0. The summed E-state index contributed by atoms with van der Waals surface area (Å²) >= 11 is 0. The summed E-state index contributed by atoms with van der Waals surface area (Å²) in [5.74, 6) is -0.931. The van der Waals surface area contributed by atoms with Gasteiger partial charge in [-0.3, -0.25) is 9.59 Å². The zero-order valence-corrected chi connectivity index (χ0v) is 10.6. The van der Waals surface area contributed by atoms with Crippen LogP contribution in [0.2, 0.25) is 0 Å². The monoisotopic (exact) mass is 257 g/mol. The van der Waals surface area contributed by atoms with E-state index >= 15 is 0 Å². The maximum Gasteiger partial charge on any atom is 0.237 e. The number of hydrogen-bond donors (Lipinski definition) is 1. The van der Waals surface area contributed by atoms with Crippen molar-refractivity contribution in [3.05, 3.63) is 54.6 Å². The predicted molar refractivity (Wildman–Crippen MR) is 70.2 cm³/mol. The van der Waals surface area contributed by atoms with E-state index in [0.29, 0.717) is 5.56 Å². The Morgan fingerprint density at radius 3 is 2.47 bits per heavy atom. The van der Waals surface area contributed by atoms with Gasteiger partial charge in [0, 0.05) is 18.9 Å². The van der Waals surface area contributed by atoms with Crippen molar-refractivity contribution in [3.8, 4) is 0 Å². The van der Waals surface area contributed by atoms with E-state index in [2.05, 4.69) is 4.98 Å². The molecule has 0 spiro atoms. The average molecular weight is 257 g/mol. The largest absolute Gasteiger partial charge is 0.368 e. The number of imidazole rings is 1. The average Bonchev–Trinajstić information content (AvgIpc) is 2.89. The van der Waals surface area contributed by atoms with Gasteiger partial charge in [-0.15, -0.1) is 0 Å². The maximum absolute atomic E-state index is 12.1. The van der Waals surface area contributed by atoms with Crippen LogP contribution >= 0.6 is 0 Å². The number of primary amides is 1. The van der Waals surface area contributed by atoms with Gasteiger partial charge in [0.25, 0.3) is 0 Å². The predicted octanol–water partition coefficient (Wildman–Crippen LogP) is 0.895. The van der Waals surface area contributed by atoms with Crippen molar-refractivity contribution in [3.63, 3.8) is 0 Å². The van der Waals surface area contributed by atoms with Gasteiger partial charge in [-0.05, 0) is 12.5 Å². The Balaban J connectivity index is 2.54. The molecular weight excluding hydrogens is 242 g/mol. The first kappa shape index (κ1) is 13.0. The van der Waals surface area contributed by atoms with E-state index in [9.17, 15) is 9.59 Å². The highest BCUT2D eigenvalue weighted by molar-refractivity contribution is 6.10. The van der Waals surface area contributed by atoms with Crippen LogP contribution in [-0.4, -0.2) is 21.2 Å². The van der Waals surface area contributed by atoms with Crippen molar-refractivity contribution in [2.45, 2.75) is 18.9 Å². The summed E-state index contributed by atoms with van der Waals surface area (Å²) in [6.45, 7) is 1.54. The van der Waals surface area contributed by atoms with Gasteiger partial charge in [0.2, 0.25) is 5.91 Å². The minimum absolute atomic E-state index is 0.154. The highest BCUT2D eigenvalue weighted by Crippen LogP contribution is 2.27. The van der Waals surface area contributed by atoms with E-state index in [-0.39, 0.29) is 12.3 Å². The molecule has 5 nitrogen and oxygen atoms in total. The summed E-state index contributed by atoms with van der Waals surface area (Å²) in [5.41, 5.74) is 4.77. The van der Waals surface area contributed by atoms with Crippen LogP contribution in [0.25, 0.3) is 0 Å². The molecule has 2 aromatic rings. The van der Waals surface area contributed by atoms with E-state index in [1.165, 1.54) is 6.92 Å². The van der Waals surface area contributed by atoms with Crippen molar-refractivity contribution >= 4 is 11.7 Å². The summed E-state index contributed by atoms with van der Waals surface area (Å²) in [6, 6.07) is 8.87. The van der Waals surface area contributed by atoms with Crippen molar-refractivity contribution in [2.75, 3.05) is 0 Å². The van der Waals surface area contributed by atoms with Gasteiger partial charge in [0.05, 0.1) is 6.33 Å². The second-order valence-corrected chi connectivity index (χ2v) is 4.43. The number of nitrogens with two attached hydrogens (primary N) is 1. The lowest BCUT2D eigenvalue weighted by Crippen LogP contribution is -2.49.